The van der Waals surface area contributed by atoms with E-state index >= 15 is 0 Å². The molecule has 0 bridgehead atoms. The van der Waals surface area contributed by atoms with Crippen LogP contribution < -0.4 is 4.74 Å². The lowest BCUT2D eigenvalue weighted by Crippen LogP contribution is -2.34. The van der Waals surface area contributed by atoms with Crippen LogP contribution in [-0.2, 0) is 31.0 Å². The number of alkyl halides is 3. The van der Waals surface area contributed by atoms with Crippen molar-refractivity contribution < 1.29 is 42.1 Å². The van der Waals surface area contributed by atoms with Crippen molar-refractivity contribution in [2.75, 3.05) is 13.1 Å². The Hall–Kier alpha value is -5.89. The second-order valence-electron chi connectivity index (χ2n) is 11.6. The number of aromatic nitrogens is 6. The molecule has 17 heteroatoms. The van der Waals surface area contributed by atoms with Gasteiger partial charge in [0.05, 0.1) is 48.3 Å². The molecule has 5 aromatic rings. The maximum Gasteiger partial charge on any atom is 0.490 e. The van der Waals surface area contributed by atoms with E-state index in [2.05, 4.69) is 40.8 Å². The molecule has 2 N–H and O–H groups in total. The van der Waals surface area contributed by atoms with E-state index in [-0.39, 0.29) is 23.8 Å². The van der Waals surface area contributed by atoms with Crippen molar-refractivity contribution in [1.82, 2.24) is 34.0 Å². The summed E-state index contributed by atoms with van der Waals surface area (Å²) in [4.78, 5) is 44.4. The van der Waals surface area contributed by atoms with Crippen molar-refractivity contribution in [1.29, 1.82) is 0 Å². The number of halogens is 4. The van der Waals surface area contributed by atoms with Gasteiger partial charge >= 0.3 is 18.1 Å². The molecule has 0 radical (unpaired) electrons. The number of carbonyl (C=O) groups is 2. The number of imidazole rings is 2. The number of rotatable bonds is 10. The van der Waals surface area contributed by atoms with E-state index in [1.54, 1.807) is 49.1 Å². The maximum absolute atomic E-state index is 14.4. The van der Waals surface area contributed by atoms with Gasteiger partial charge < -0.3 is 24.1 Å². The number of benzene rings is 2. The van der Waals surface area contributed by atoms with Gasteiger partial charge in [-0.1, -0.05) is 12.1 Å². The van der Waals surface area contributed by atoms with E-state index < -0.39 is 23.9 Å². The largest absolute Gasteiger partial charge is 0.490 e. The van der Waals surface area contributed by atoms with Gasteiger partial charge in [0.2, 0.25) is 5.88 Å². The van der Waals surface area contributed by atoms with Crippen LogP contribution in [0.1, 0.15) is 58.8 Å². The minimum atomic E-state index is -5.08. The fourth-order valence-electron chi connectivity index (χ4n) is 5.69. The van der Waals surface area contributed by atoms with Crippen molar-refractivity contribution in [2.45, 2.75) is 58.1 Å². The molecule has 1 saturated heterocycles. The first-order chi connectivity index (χ1) is 24.4. The minimum Gasteiger partial charge on any atom is -0.478 e. The molecule has 0 unspecified atom stereocenters. The van der Waals surface area contributed by atoms with Crippen molar-refractivity contribution in [3.8, 4) is 5.88 Å². The van der Waals surface area contributed by atoms with Gasteiger partial charge in [-0.15, -0.1) is 0 Å². The van der Waals surface area contributed by atoms with Crippen LogP contribution in [0.4, 0.5) is 23.2 Å². The predicted molar refractivity (Wildman–Crippen MR) is 174 cm³/mol. The van der Waals surface area contributed by atoms with Crippen LogP contribution in [0.3, 0.4) is 0 Å². The highest BCUT2D eigenvalue weighted by atomic mass is 19.4. The highest BCUT2D eigenvalue weighted by molar-refractivity contribution is 5.92. The topological polar surface area (TPSA) is 153 Å². The summed E-state index contributed by atoms with van der Waals surface area (Å²) in [7, 11) is 0. The molecule has 1 aliphatic heterocycles. The summed E-state index contributed by atoms with van der Waals surface area (Å²) in [6, 6.07) is 9.38. The van der Waals surface area contributed by atoms with E-state index in [0.717, 1.165) is 60.7 Å². The quantitative estimate of drug-likeness (QED) is 0.129. The average molecular weight is 709 g/mol. The third-order valence-electron chi connectivity index (χ3n) is 8.34. The molecule has 0 amide bonds. The van der Waals surface area contributed by atoms with E-state index in [4.69, 9.17) is 26.2 Å². The van der Waals surface area contributed by atoms with Crippen LogP contribution in [-0.4, -0.2) is 75.4 Å². The molecule has 0 atom stereocenters. The fourth-order valence-corrected chi connectivity index (χ4v) is 5.69. The summed E-state index contributed by atoms with van der Waals surface area (Å²) in [5, 5.41) is 16.7. The molecular formula is C34H32F4N8O5. The molecule has 4 heterocycles. The standard InChI is InChI=1S/C32H31FN8O3.C2HF3O2/c1-3-40-20-35-16-25(40)17-41-28-14-22(32(42)43)5-7-27(28)38-29(41)18-39-12-8-21(9-13-39)30-31(37-11-10-36-30)44-19-23-4-6-24(34-2)15-26(23)33;3-2(4,5)1(6)7/h4-7,10-11,14-16,20-21H,3,8-9,12-13,17-19H2,1H3,(H,42,43);(H,6,7). The number of nitrogens with zero attached hydrogens (tertiary/aromatic N) is 8. The van der Waals surface area contributed by atoms with Gasteiger partial charge in [0.25, 0.3) is 0 Å². The smallest absolute Gasteiger partial charge is 0.478 e. The zero-order valence-corrected chi connectivity index (χ0v) is 27.2. The van der Waals surface area contributed by atoms with Gasteiger partial charge in [-0.25, -0.2) is 33.8 Å². The number of likely N-dealkylation sites (tertiary alicyclic amines) is 1. The number of aryl methyl sites for hydroxylation is 1. The third kappa shape index (κ3) is 8.83. The Kier molecular flexibility index (Phi) is 11.2. The molecule has 2 aromatic carbocycles. The Morgan fingerprint density at radius 1 is 1.06 bits per heavy atom. The molecule has 1 fully saturated rings. The van der Waals surface area contributed by atoms with E-state index in [1.165, 1.54) is 6.07 Å². The molecule has 6 rings (SSSR count). The van der Waals surface area contributed by atoms with Crippen molar-refractivity contribution in [3.63, 3.8) is 0 Å². The number of hydrogen-bond acceptors (Lipinski definition) is 8. The Morgan fingerprint density at radius 2 is 1.78 bits per heavy atom. The van der Waals surface area contributed by atoms with E-state index in [1.807, 2.05) is 6.20 Å². The summed E-state index contributed by atoms with van der Waals surface area (Å²) in [6.07, 6.45) is 3.42. The van der Waals surface area contributed by atoms with Gasteiger partial charge in [-0.3, -0.25) is 9.88 Å². The zero-order valence-electron chi connectivity index (χ0n) is 27.2. The molecule has 0 aliphatic carbocycles. The second-order valence-corrected chi connectivity index (χ2v) is 11.6. The normalized spacial score (nSPS) is 13.7. The summed E-state index contributed by atoms with van der Waals surface area (Å²) < 4.78 is 56.2. The monoisotopic (exact) mass is 708 g/mol. The zero-order chi connectivity index (χ0) is 36.7. The van der Waals surface area contributed by atoms with E-state index in [9.17, 15) is 27.5 Å². The van der Waals surface area contributed by atoms with Crippen molar-refractivity contribution in [2.24, 2.45) is 0 Å². The lowest BCUT2D eigenvalue weighted by atomic mass is 9.93. The van der Waals surface area contributed by atoms with Crippen LogP contribution in [0.5, 0.6) is 5.88 Å². The number of fused-ring (bicyclic) bond motifs is 1. The molecule has 266 valence electrons. The molecule has 1 aliphatic rings. The number of ether oxygens (including phenoxy) is 1. The van der Waals surface area contributed by atoms with Gasteiger partial charge in [-0.2, -0.15) is 13.2 Å². The molecule has 51 heavy (non-hydrogen) atoms. The summed E-state index contributed by atoms with van der Waals surface area (Å²) in [6.45, 7) is 12.6. The maximum atomic E-state index is 14.4. The van der Waals surface area contributed by atoms with Crippen LogP contribution >= 0.6 is 0 Å². The first-order valence-electron chi connectivity index (χ1n) is 15.7. The highest BCUT2D eigenvalue weighted by Crippen LogP contribution is 2.33. The van der Waals surface area contributed by atoms with Crippen LogP contribution in [0.25, 0.3) is 15.9 Å². The first kappa shape index (κ1) is 36.4. The van der Waals surface area contributed by atoms with Crippen molar-refractivity contribution in [3.05, 3.63) is 107 Å². The Labute approximate surface area is 288 Å². The van der Waals surface area contributed by atoms with Crippen LogP contribution in [0.15, 0.2) is 61.3 Å². The molecular weight excluding hydrogens is 676 g/mol. The van der Waals surface area contributed by atoms with Crippen LogP contribution in [0, 0.1) is 12.4 Å². The molecule has 3 aromatic heterocycles. The Morgan fingerprint density at radius 3 is 2.43 bits per heavy atom. The summed E-state index contributed by atoms with van der Waals surface area (Å²) in [5.41, 5.74) is 4.12. The van der Waals surface area contributed by atoms with Gasteiger partial charge in [0.15, 0.2) is 5.69 Å². The second kappa shape index (κ2) is 15.8. The number of aromatic carboxylic acids is 1. The van der Waals surface area contributed by atoms with Gasteiger partial charge in [0.1, 0.15) is 23.9 Å². The number of hydrogen-bond donors (Lipinski definition) is 2. The predicted octanol–water partition coefficient (Wildman–Crippen LogP) is 6.07. The summed E-state index contributed by atoms with van der Waals surface area (Å²) in [5.74, 6) is -2.84. The van der Waals surface area contributed by atoms with E-state index in [0.29, 0.717) is 24.5 Å². The number of piperidine rings is 1. The summed E-state index contributed by atoms with van der Waals surface area (Å²) >= 11 is 0. The molecule has 13 nitrogen and oxygen atoms in total. The van der Waals surface area contributed by atoms with Gasteiger partial charge in [-0.05, 0) is 57.1 Å². The third-order valence-corrected chi connectivity index (χ3v) is 8.34. The highest BCUT2D eigenvalue weighted by Gasteiger charge is 2.38. The first-order valence-corrected chi connectivity index (χ1v) is 15.7. The molecule has 0 saturated carbocycles. The SMILES string of the molecule is O=C(O)C(F)(F)F.[C-]#[N+]c1ccc(COc2nccnc2C2CCN(Cc3nc4ccc(C(=O)O)cc4n3Cc3cncn3CC)CC2)c(F)c1. The lowest BCUT2D eigenvalue weighted by Gasteiger charge is -2.31. The fraction of sp³-hybridized carbons (Fsp3) is 0.324. The van der Waals surface area contributed by atoms with Crippen molar-refractivity contribution >= 4 is 28.7 Å². The minimum absolute atomic E-state index is 0.00853. The average Bonchev–Trinajstić information content (AvgIpc) is 3.71. The van der Waals surface area contributed by atoms with Gasteiger partial charge in [0, 0.05) is 36.6 Å². The Bertz CT molecular complexity index is 2070. The lowest BCUT2D eigenvalue weighted by molar-refractivity contribution is -0.192. The number of aliphatic carboxylic acids is 1. The number of carboxylic acid groups (broad SMARTS) is 2. The number of carboxylic acids is 2. The molecule has 0 spiro atoms. The van der Waals surface area contributed by atoms with Crippen LogP contribution in [0.2, 0.25) is 0 Å². The Balaban J connectivity index is 0.000000654.